The van der Waals surface area contributed by atoms with Crippen molar-refractivity contribution in [3.63, 3.8) is 0 Å². The highest BCUT2D eigenvalue weighted by Crippen LogP contribution is 2.35. The summed E-state index contributed by atoms with van der Waals surface area (Å²) in [5.74, 6) is 3.24. The maximum Gasteiger partial charge on any atom is 0.137 e. The molecular weight excluding hydrogens is 244 g/mol. The van der Waals surface area contributed by atoms with Crippen LogP contribution >= 0.6 is 0 Å². The molecule has 0 unspecified atom stereocenters. The molecule has 0 heterocycles. The second-order valence-corrected chi connectivity index (χ2v) is 10.9. The molecule has 0 aliphatic heterocycles. The fourth-order valence-electron chi connectivity index (χ4n) is 0.981. The molecule has 3 nitrogen and oxygen atoms in total. The van der Waals surface area contributed by atoms with Gasteiger partial charge in [0.25, 0.3) is 0 Å². The Kier molecular flexibility index (Phi) is 8.54. The summed E-state index contributed by atoms with van der Waals surface area (Å²) in [5.41, 5.74) is 3.45. The van der Waals surface area contributed by atoms with Crippen molar-refractivity contribution in [2.24, 2.45) is 0 Å². The van der Waals surface area contributed by atoms with Crippen LogP contribution in [0.4, 0.5) is 0 Å². The van der Waals surface area contributed by atoms with Gasteiger partial charge in [-0.15, -0.1) is 11.5 Å². The minimum Gasteiger partial charge on any atom is -0.394 e. The summed E-state index contributed by atoms with van der Waals surface area (Å²) in [6.07, 6.45) is 0.784. The van der Waals surface area contributed by atoms with E-state index in [0.717, 1.165) is 6.42 Å². The summed E-state index contributed by atoms with van der Waals surface area (Å²) in [5, 5.41) is 8.82. The molecule has 0 aromatic carbocycles. The second-order valence-electron chi connectivity index (χ2n) is 5.88. The van der Waals surface area contributed by atoms with Crippen LogP contribution in [0.3, 0.4) is 0 Å². The Labute approximate surface area is 113 Å². The zero-order valence-electron chi connectivity index (χ0n) is 12.5. The fourth-order valence-corrected chi connectivity index (χ4v) is 1.92. The molecular formula is C14H28O3Si. The van der Waals surface area contributed by atoms with Crippen LogP contribution in [0.15, 0.2) is 0 Å². The van der Waals surface area contributed by atoms with Gasteiger partial charge in [-0.3, -0.25) is 0 Å². The molecule has 0 saturated carbocycles. The third-order valence-electron chi connectivity index (χ3n) is 3.25. The zero-order chi connectivity index (χ0) is 14.1. The van der Waals surface area contributed by atoms with E-state index in [2.05, 4.69) is 45.3 Å². The quantitative estimate of drug-likeness (QED) is 0.439. The summed E-state index contributed by atoms with van der Waals surface area (Å²) < 4.78 is 10.5. The molecule has 0 aromatic heterocycles. The highest BCUT2D eigenvalue weighted by atomic mass is 28.3. The van der Waals surface area contributed by atoms with Crippen LogP contribution in [0, 0.1) is 11.5 Å². The van der Waals surface area contributed by atoms with Crippen LogP contribution in [0.1, 0.15) is 27.2 Å². The predicted octanol–water partition coefficient (Wildman–Crippen LogP) is 2.45. The van der Waals surface area contributed by atoms with Crippen LogP contribution in [0.25, 0.3) is 0 Å². The molecule has 0 bridgehead atoms. The highest BCUT2D eigenvalue weighted by molar-refractivity contribution is 6.87. The Balaban J connectivity index is 3.67. The van der Waals surface area contributed by atoms with Crippen molar-refractivity contribution in [2.45, 2.75) is 45.3 Å². The van der Waals surface area contributed by atoms with Crippen LogP contribution in [0.5, 0.6) is 0 Å². The SMILES string of the molecule is CC(C)(C)[Si](C)(C)C#CCCOCCOCCO. The van der Waals surface area contributed by atoms with E-state index in [-0.39, 0.29) is 6.61 Å². The molecule has 0 radical (unpaired) electrons. The molecule has 106 valence electrons. The van der Waals surface area contributed by atoms with Gasteiger partial charge in [0, 0.05) is 6.42 Å². The largest absolute Gasteiger partial charge is 0.394 e. The molecule has 0 aromatic rings. The van der Waals surface area contributed by atoms with Gasteiger partial charge in [0.1, 0.15) is 8.07 Å². The van der Waals surface area contributed by atoms with Crippen LogP contribution in [0.2, 0.25) is 18.1 Å². The molecule has 1 N–H and O–H groups in total. The Morgan fingerprint density at radius 3 is 2.06 bits per heavy atom. The van der Waals surface area contributed by atoms with E-state index in [1.807, 2.05) is 0 Å². The monoisotopic (exact) mass is 272 g/mol. The van der Waals surface area contributed by atoms with Gasteiger partial charge in [-0.05, 0) is 5.04 Å². The van der Waals surface area contributed by atoms with Gasteiger partial charge < -0.3 is 14.6 Å². The Morgan fingerprint density at radius 1 is 1.00 bits per heavy atom. The van der Waals surface area contributed by atoms with Crippen molar-refractivity contribution in [3.05, 3.63) is 0 Å². The minimum atomic E-state index is -1.46. The lowest BCUT2D eigenvalue weighted by atomic mass is 10.2. The van der Waals surface area contributed by atoms with E-state index < -0.39 is 8.07 Å². The molecule has 0 fully saturated rings. The lowest BCUT2D eigenvalue weighted by Crippen LogP contribution is -2.35. The molecule has 4 heteroatoms. The molecule has 0 saturated heterocycles. The van der Waals surface area contributed by atoms with Gasteiger partial charge in [0.15, 0.2) is 0 Å². The average molecular weight is 272 g/mol. The van der Waals surface area contributed by atoms with E-state index in [1.54, 1.807) is 0 Å². The first-order valence-corrected chi connectivity index (χ1v) is 9.57. The Bertz CT molecular complexity index is 271. The second kappa shape index (κ2) is 8.71. The molecule has 0 spiro atoms. The molecule has 0 aliphatic rings. The number of hydrogen-bond donors (Lipinski definition) is 1. The van der Waals surface area contributed by atoms with Gasteiger partial charge >= 0.3 is 0 Å². The number of hydrogen-bond acceptors (Lipinski definition) is 3. The van der Waals surface area contributed by atoms with Gasteiger partial charge in [-0.25, -0.2) is 0 Å². The van der Waals surface area contributed by atoms with Gasteiger partial charge in [-0.2, -0.15) is 0 Å². The Hall–Kier alpha value is -0.343. The number of ether oxygens (including phenoxy) is 2. The number of aliphatic hydroxyl groups is 1. The molecule has 0 atom stereocenters. The number of rotatable bonds is 7. The van der Waals surface area contributed by atoms with Crippen molar-refractivity contribution < 1.29 is 14.6 Å². The van der Waals surface area contributed by atoms with Crippen molar-refractivity contribution in [1.29, 1.82) is 0 Å². The first kappa shape index (κ1) is 17.7. The fraction of sp³-hybridized carbons (Fsp3) is 0.857. The normalized spacial score (nSPS) is 12.1. The summed E-state index contributed by atoms with van der Waals surface area (Å²) in [6, 6.07) is 0. The van der Waals surface area contributed by atoms with Crippen LogP contribution in [-0.2, 0) is 9.47 Å². The van der Waals surface area contributed by atoms with E-state index >= 15 is 0 Å². The van der Waals surface area contributed by atoms with Crippen molar-refractivity contribution in [2.75, 3.05) is 33.0 Å². The molecule has 0 rings (SSSR count). The summed E-state index contributed by atoms with van der Waals surface area (Å²) in [7, 11) is -1.46. The maximum atomic E-state index is 8.50. The lowest BCUT2D eigenvalue weighted by molar-refractivity contribution is 0.0348. The van der Waals surface area contributed by atoms with Crippen molar-refractivity contribution in [3.8, 4) is 11.5 Å². The van der Waals surface area contributed by atoms with Crippen LogP contribution in [-0.4, -0.2) is 46.2 Å². The van der Waals surface area contributed by atoms with Gasteiger partial charge in [0.05, 0.1) is 33.0 Å². The Morgan fingerprint density at radius 2 is 1.56 bits per heavy atom. The van der Waals surface area contributed by atoms with Crippen LogP contribution < -0.4 is 0 Å². The minimum absolute atomic E-state index is 0.0674. The predicted molar refractivity (Wildman–Crippen MR) is 78.3 cm³/mol. The standard InChI is InChI=1S/C14H28O3Si/c1-14(2,3)18(4,5)13-7-6-9-16-11-12-17-10-8-15/h15H,6,8-12H2,1-5H3. The maximum absolute atomic E-state index is 8.50. The summed E-state index contributed by atoms with van der Waals surface area (Å²) in [4.78, 5) is 0. The third kappa shape index (κ3) is 7.88. The highest BCUT2D eigenvalue weighted by Gasteiger charge is 2.33. The smallest absolute Gasteiger partial charge is 0.137 e. The topological polar surface area (TPSA) is 38.7 Å². The van der Waals surface area contributed by atoms with Crippen molar-refractivity contribution >= 4 is 8.07 Å². The summed E-state index contributed by atoms with van der Waals surface area (Å²) in [6.45, 7) is 13.6. The molecule has 0 amide bonds. The molecule has 18 heavy (non-hydrogen) atoms. The first-order chi connectivity index (χ1) is 8.31. The van der Waals surface area contributed by atoms with Gasteiger partial charge in [0.2, 0.25) is 0 Å². The van der Waals surface area contributed by atoms with E-state index in [0.29, 0.717) is 31.5 Å². The van der Waals surface area contributed by atoms with Gasteiger partial charge in [-0.1, -0.05) is 33.9 Å². The third-order valence-corrected chi connectivity index (χ3v) is 7.81. The number of aliphatic hydroxyl groups excluding tert-OH is 1. The van der Waals surface area contributed by atoms with E-state index in [9.17, 15) is 0 Å². The lowest BCUT2D eigenvalue weighted by Gasteiger charge is -2.31. The van der Waals surface area contributed by atoms with E-state index in [1.165, 1.54) is 0 Å². The van der Waals surface area contributed by atoms with Crippen molar-refractivity contribution in [1.82, 2.24) is 0 Å². The average Bonchev–Trinajstić information content (AvgIpc) is 2.25. The van der Waals surface area contributed by atoms with E-state index in [4.69, 9.17) is 14.6 Å². The summed E-state index contributed by atoms with van der Waals surface area (Å²) >= 11 is 0. The first-order valence-electron chi connectivity index (χ1n) is 6.57. The molecule has 0 aliphatic carbocycles. The zero-order valence-corrected chi connectivity index (χ0v) is 13.5.